The number of benzene rings is 2. The Morgan fingerprint density at radius 1 is 0.833 bits per heavy atom. The highest BCUT2D eigenvalue weighted by Gasteiger charge is 2.09. The zero-order valence-corrected chi connectivity index (χ0v) is 15.8. The van der Waals surface area contributed by atoms with Gasteiger partial charge in [-0.15, -0.1) is 0 Å². The van der Waals surface area contributed by atoms with E-state index in [1.807, 2.05) is 36.4 Å². The highest BCUT2D eigenvalue weighted by molar-refractivity contribution is 7.80. The fourth-order valence-electron chi connectivity index (χ4n) is 2.13. The van der Waals surface area contributed by atoms with Gasteiger partial charge in [0.2, 0.25) is 0 Å². The third kappa shape index (κ3) is 3.31. The van der Waals surface area contributed by atoms with Crippen LogP contribution in [-0.2, 0) is 0 Å². The summed E-state index contributed by atoms with van der Waals surface area (Å²) < 4.78 is 2.08. The monoisotopic (exact) mass is 410 g/mol. The maximum absolute atomic E-state index is 5.98. The van der Waals surface area contributed by atoms with Gasteiger partial charge in [0.25, 0.3) is 0 Å². The van der Waals surface area contributed by atoms with Gasteiger partial charge < -0.3 is 10.6 Å². The van der Waals surface area contributed by atoms with Gasteiger partial charge in [0.15, 0.2) is 15.4 Å². The molecule has 120 valence electrons. The minimum Gasteiger partial charge on any atom is -0.308 e. The number of nitrogens with one attached hydrogen (secondary N) is 2. The minimum atomic E-state index is 0.435. The van der Waals surface area contributed by atoms with Crippen LogP contribution in [0.5, 0.6) is 0 Å². The Bertz CT molecular complexity index is 989. The van der Waals surface area contributed by atoms with Gasteiger partial charge in [-0.25, -0.2) is 9.97 Å². The Kier molecular flexibility index (Phi) is 4.28. The van der Waals surface area contributed by atoms with Crippen LogP contribution < -0.4 is 10.6 Å². The molecule has 2 heterocycles. The summed E-state index contributed by atoms with van der Waals surface area (Å²) in [6.07, 6.45) is 0. The Hall–Kier alpha value is -1.51. The minimum absolute atomic E-state index is 0.435. The number of thiazole rings is 2. The van der Waals surface area contributed by atoms with Gasteiger partial charge >= 0.3 is 0 Å². The van der Waals surface area contributed by atoms with Crippen LogP contribution in [0, 0.1) is 0 Å². The first kappa shape index (κ1) is 16.0. The molecule has 4 rings (SSSR count). The molecule has 0 aliphatic carbocycles. The highest BCUT2D eigenvalue weighted by atomic mass is 35.5. The van der Waals surface area contributed by atoms with Gasteiger partial charge in [0.1, 0.15) is 0 Å². The van der Waals surface area contributed by atoms with Crippen molar-refractivity contribution < 1.29 is 0 Å². The predicted octanol–water partition coefficient (Wildman–Crippen LogP) is 6.02. The van der Waals surface area contributed by atoms with Gasteiger partial charge in [-0.1, -0.05) is 45.9 Å². The van der Waals surface area contributed by atoms with Crippen LogP contribution in [0.15, 0.2) is 36.4 Å². The van der Waals surface area contributed by atoms with Gasteiger partial charge in [0.05, 0.1) is 20.4 Å². The molecule has 0 unspecified atom stereocenters. The molecule has 2 N–H and O–H groups in total. The molecule has 0 saturated heterocycles. The number of nitrogens with zero attached hydrogens (tertiary/aromatic N) is 2. The Balaban J connectivity index is 1.52. The lowest BCUT2D eigenvalue weighted by atomic mass is 10.3. The lowest BCUT2D eigenvalue weighted by Crippen LogP contribution is -2.18. The third-order valence-corrected chi connectivity index (χ3v) is 5.72. The first-order valence-electron chi connectivity index (χ1n) is 6.77. The molecule has 0 atom stereocenters. The quantitative estimate of drug-likeness (QED) is 0.395. The van der Waals surface area contributed by atoms with Crippen molar-refractivity contribution in [3.8, 4) is 0 Å². The largest absolute Gasteiger partial charge is 0.308 e. The fraction of sp³-hybridized carbons (Fsp3) is 0. The SMILES string of the molecule is S=C(Nc1nc2cc(Cl)ccc2s1)Nc1nc2cc(Cl)ccc2s1. The number of hydrogen-bond acceptors (Lipinski definition) is 5. The van der Waals surface area contributed by atoms with Crippen LogP contribution in [0.2, 0.25) is 10.0 Å². The highest BCUT2D eigenvalue weighted by Crippen LogP contribution is 2.30. The molecule has 0 amide bonds. The van der Waals surface area contributed by atoms with Gasteiger partial charge in [0, 0.05) is 10.0 Å². The molecule has 0 saturated carbocycles. The molecular weight excluding hydrogens is 403 g/mol. The zero-order chi connectivity index (χ0) is 16.7. The summed E-state index contributed by atoms with van der Waals surface area (Å²) in [5.74, 6) is 0. The number of hydrogen-bond donors (Lipinski definition) is 2. The van der Waals surface area contributed by atoms with E-state index in [9.17, 15) is 0 Å². The molecule has 0 aliphatic rings. The van der Waals surface area contributed by atoms with E-state index in [0.29, 0.717) is 25.4 Å². The summed E-state index contributed by atoms with van der Waals surface area (Å²) in [6, 6.07) is 11.2. The van der Waals surface area contributed by atoms with Crippen molar-refractivity contribution >= 4 is 93.9 Å². The third-order valence-electron chi connectivity index (χ3n) is 3.14. The summed E-state index contributed by atoms with van der Waals surface area (Å²) in [5, 5.41) is 9.32. The number of anilines is 2. The molecule has 2 aromatic carbocycles. The van der Waals surface area contributed by atoms with E-state index < -0.39 is 0 Å². The summed E-state index contributed by atoms with van der Waals surface area (Å²) in [5.41, 5.74) is 1.68. The Labute approximate surface area is 160 Å². The van der Waals surface area contributed by atoms with Crippen LogP contribution in [0.1, 0.15) is 0 Å². The van der Waals surface area contributed by atoms with E-state index in [0.717, 1.165) is 20.4 Å². The normalized spacial score (nSPS) is 11.1. The Morgan fingerprint density at radius 2 is 1.29 bits per heavy atom. The molecule has 0 fully saturated rings. The number of aromatic nitrogens is 2. The van der Waals surface area contributed by atoms with Crippen LogP contribution in [0.3, 0.4) is 0 Å². The topological polar surface area (TPSA) is 49.8 Å². The smallest absolute Gasteiger partial charge is 0.190 e. The molecule has 4 nitrogen and oxygen atoms in total. The van der Waals surface area contributed by atoms with Crippen LogP contribution in [0.25, 0.3) is 20.4 Å². The predicted molar refractivity (Wildman–Crippen MR) is 109 cm³/mol. The molecule has 0 bridgehead atoms. The summed E-state index contributed by atoms with van der Waals surface area (Å²) in [6.45, 7) is 0. The fourth-order valence-corrected chi connectivity index (χ4v) is 4.49. The second-order valence-electron chi connectivity index (χ2n) is 4.84. The van der Waals surface area contributed by atoms with Gasteiger partial charge in [-0.3, -0.25) is 0 Å². The van der Waals surface area contributed by atoms with Crippen molar-refractivity contribution in [3.63, 3.8) is 0 Å². The van der Waals surface area contributed by atoms with Gasteiger partial charge in [-0.2, -0.15) is 0 Å². The molecule has 0 spiro atoms. The standard InChI is InChI=1S/C15H8Cl2N4S3/c16-7-1-3-11-9(5-7)18-14(23-11)20-13(22)21-15-19-10-6-8(17)2-4-12(10)24-15/h1-6H,(H2,18,19,20,21,22). The molecule has 24 heavy (non-hydrogen) atoms. The molecule has 0 aliphatic heterocycles. The number of thiocarbonyl (C=S) groups is 1. The number of rotatable bonds is 2. The van der Waals surface area contributed by atoms with Crippen LogP contribution in [0.4, 0.5) is 10.3 Å². The molecule has 2 aromatic heterocycles. The summed E-state index contributed by atoms with van der Waals surface area (Å²) >= 11 is 20.3. The first-order valence-corrected chi connectivity index (χ1v) is 9.57. The lowest BCUT2D eigenvalue weighted by Gasteiger charge is -2.04. The van der Waals surface area contributed by atoms with Crippen molar-refractivity contribution in [2.24, 2.45) is 0 Å². The second-order valence-corrected chi connectivity index (χ2v) is 8.18. The zero-order valence-electron chi connectivity index (χ0n) is 11.8. The van der Waals surface area contributed by atoms with Gasteiger partial charge in [-0.05, 0) is 48.6 Å². The number of fused-ring (bicyclic) bond motifs is 2. The van der Waals surface area contributed by atoms with Crippen molar-refractivity contribution in [2.45, 2.75) is 0 Å². The van der Waals surface area contributed by atoms with E-state index in [2.05, 4.69) is 20.6 Å². The number of halogens is 2. The van der Waals surface area contributed by atoms with Crippen molar-refractivity contribution in [2.75, 3.05) is 10.6 Å². The molecule has 0 radical (unpaired) electrons. The maximum atomic E-state index is 5.98. The van der Waals surface area contributed by atoms with Crippen molar-refractivity contribution in [3.05, 3.63) is 46.4 Å². The maximum Gasteiger partial charge on any atom is 0.190 e. The van der Waals surface area contributed by atoms with E-state index >= 15 is 0 Å². The van der Waals surface area contributed by atoms with Crippen LogP contribution >= 0.6 is 58.1 Å². The van der Waals surface area contributed by atoms with E-state index in [1.54, 1.807) is 0 Å². The van der Waals surface area contributed by atoms with Crippen molar-refractivity contribution in [1.29, 1.82) is 0 Å². The summed E-state index contributed by atoms with van der Waals surface area (Å²) in [7, 11) is 0. The summed E-state index contributed by atoms with van der Waals surface area (Å²) in [4.78, 5) is 8.94. The molecular formula is C15H8Cl2N4S3. The lowest BCUT2D eigenvalue weighted by molar-refractivity contribution is 1.45. The molecule has 9 heteroatoms. The van der Waals surface area contributed by atoms with E-state index in [1.165, 1.54) is 22.7 Å². The van der Waals surface area contributed by atoms with E-state index in [4.69, 9.17) is 35.4 Å². The Morgan fingerprint density at radius 3 is 1.75 bits per heavy atom. The molecule has 4 aromatic rings. The first-order chi connectivity index (χ1) is 11.6. The van der Waals surface area contributed by atoms with Crippen molar-refractivity contribution in [1.82, 2.24) is 9.97 Å². The average Bonchev–Trinajstić information content (AvgIpc) is 3.08. The van der Waals surface area contributed by atoms with Crippen LogP contribution in [-0.4, -0.2) is 15.1 Å². The average molecular weight is 411 g/mol. The second kappa shape index (κ2) is 6.42. The van der Waals surface area contributed by atoms with E-state index in [-0.39, 0.29) is 0 Å².